The molecular formula is C25H34N2O4. The normalized spacial score (nSPS) is 34.6. The van der Waals surface area contributed by atoms with Crippen molar-refractivity contribution in [3.05, 3.63) is 35.4 Å². The highest BCUT2D eigenvalue weighted by molar-refractivity contribution is 5.85. The molecular weight excluding hydrogens is 392 g/mol. The van der Waals surface area contributed by atoms with Crippen molar-refractivity contribution in [1.29, 1.82) is 0 Å². The van der Waals surface area contributed by atoms with Crippen LogP contribution in [0.25, 0.3) is 0 Å². The first kappa shape index (κ1) is 20.8. The van der Waals surface area contributed by atoms with Crippen LogP contribution in [0.15, 0.2) is 24.3 Å². The molecule has 31 heavy (non-hydrogen) atoms. The van der Waals surface area contributed by atoms with Crippen molar-refractivity contribution >= 4 is 12.1 Å². The maximum Gasteiger partial charge on any atom is 0.506 e. The molecule has 6 heteroatoms. The molecule has 2 unspecified atom stereocenters. The topological polar surface area (TPSA) is 78.9 Å². The van der Waals surface area contributed by atoms with Crippen molar-refractivity contribution in [2.75, 3.05) is 13.1 Å². The molecule has 1 aromatic rings. The first-order valence-electron chi connectivity index (χ1n) is 11.8. The van der Waals surface area contributed by atoms with Gasteiger partial charge in [-0.1, -0.05) is 24.3 Å². The summed E-state index contributed by atoms with van der Waals surface area (Å²) in [5.41, 5.74) is 1.69. The van der Waals surface area contributed by atoms with Gasteiger partial charge in [-0.25, -0.2) is 4.79 Å². The summed E-state index contributed by atoms with van der Waals surface area (Å²) < 4.78 is 5.41. The Morgan fingerprint density at radius 1 is 1.06 bits per heavy atom. The molecule has 4 aliphatic carbocycles. The predicted molar refractivity (Wildman–Crippen MR) is 117 cm³/mol. The van der Waals surface area contributed by atoms with E-state index in [4.69, 9.17) is 4.74 Å². The van der Waals surface area contributed by atoms with Gasteiger partial charge in [0, 0.05) is 19.1 Å². The number of nitrogens with zero attached hydrogens (tertiary/aromatic N) is 1. The van der Waals surface area contributed by atoms with Gasteiger partial charge < -0.3 is 15.2 Å². The summed E-state index contributed by atoms with van der Waals surface area (Å²) in [6.07, 6.45) is 5.28. The monoisotopic (exact) mass is 426 g/mol. The van der Waals surface area contributed by atoms with E-state index in [9.17, 15) is 14.7 Å². The van der Waals surface area contributed by atoms with Gasteiger partial charge in [-0.3, -0.25) is 9.69 Å². The van der Waals surface area contributed by atoms with Crippen LogP contribution in [0.3, 0.4) is 0 Å². The number of amides is 1. The highest BCUT2D eigenvalue weighted by Gasteiger charge is 2.58. The van der Waals surface area contributed by atoms with Gasteiger partial charge in [0.2, 0.25) is 5.91 Å². The number of ether oxygens (including phenoxy) is 1. The van der Waals surface area contributed by atoms with Crippen LogP contribution in [-0.2, 0) is 22.4 Å². The fraction of sp³-hybridized carbons (Fsp3) is 0.680. The maximum absolute atomic E-state index is 13.5. The molecule has 4 bridgehead atoms. The number of benzene rings is 1. The largest absolute Gasteiger partial charge is 0.506 e. The van der Waals surface area contributed by atoms with Crippen LogP contribution in [0, 0.1) is 17.8 Å². The van der Waals surface area contributed by atoms with Gasteiger partial charge in [0.25, 0.3) is 0 Å². The Kier molecular flexibility index (Phi) is 5.04. The third-order valence-corrected chi connectivity index (χ3v) is 8.59. The van der Waals surface area contributed by atoms with E-state index in [1.165, 1.54) is 11.1 Å². The molecule has 0 spiro atoms. The number of carbonyl (C=O) groups excluding carboxylic acids is 1. The van der Waals surface area contributed by atoms with E-state index < -0.39 is 17.3 Å². The van der Waals surface area contributed by atoms with Gasteiger partial charge in [0.1, 0.15) is 5.60 Å². The summed E-state index contributed by atoms with van der Waals surface area (Å²) >= 11 is 0. The van der Waals surface area contributed by atoms with Gasteiger partial charge in [-0.15, -0.1) is 0 Å². The third kappa shape index (κ3) is 3.73. The number of hydrogen-bond acceptors (Lipinski definition) is 4. The Balaban J connectivity index is 1.27. The number of carbonyl (C=O) groups is 2. The first-order chi connectivity index (χ1) is 14.8. The number of fused-ring (bicyclic) bond motifs is 1. The van der Waals surface area contributed by atoms with Crippen LogP contribution in [0.1, 0.15) is 57.1 Å². The van der Waals surface area contributed by atoms with E-state index in [1.54, 1.807) is 0 Å². The Hall–Kier alpha value is -2.08. The van der Waals surface area contributed by atoms with E-state index in [-0.39, 0.29) is 11.9 Å². The summed E-state index contributed by atoms with van der Waals surface area (Å²) in [6, 6.07) is 8.74. The second-order valence-electron chi connectivity index (χ2n) is 10.8. The zero-order valence-corrected chi connectivity index (χ0v) is 18.6. The molecule has 6 nitrogen and oxygen atoms in total. The van der Waals surface area contributed by atoms with Gasteiger partial charge in [-0.05, 0) is 87.7 Å². The minimum atomic E-state index is -1.16. The predicted octanol–water partition coefficient (Wildman–Crippen LogP) is 3.62. The van der Waals surface area contributed by atoms with Crippen molar-refractivity contribution in [3.8, 4) is 0 Å². The lowest BCUT2D eigenvalue weighted by molar-refractivity contribution is -0.157. The van der Waals surface area contributed by atoms with Crippen LogP contribution >= 0.6 is 0 Å². The van der Waals surface area contributed by atoms with Gasteiger partial charge >= 0.3 is 6.16 Å². The van der Waals surface area contributed by atoms with Crippen molar-refractivity contribution in [2.45, 2.75) is 76.0 Å². The summed E-state index contributed by atoms with van der Waals surface area (Å²) in [5, 5.41) is 12.7. The summed E-state index contributed by atoms with van der Waals surface area (Å²) in [6.45, 7) is 5.85. The minimum absolute atomic E-state index is 0.101. The Morgan fingerprint density at radius 2 is 1.65 bits per heavy atom. The summed E-state index contributed by atoms with van der Waals surface area (Å²) in [4.78, 5) is 27.1. The first-order valence-corrected chi connectivity index (χ1v) is 11.8. The highest BCUT2D eigenvalue weighted by Crippen LogP contribution is 2.57. The minimum Gasteiger partial charge on any atom is -0.450 e. The van der Waals surface area contributed by atoms with E-state index in [2.05, 4.69) is 34.5 Å². The zero-order valence-electron chi connectivity index (χ0n) is 18.6. The standard InChI is InChI=1S/C25H34N2O4/c1-24(2,27-9-7-17-5-3-4-6-18(17)8-10-27)22(28)26-21-19-11-16-12-20(21)15-25(13-16,14-19)31-23(29)30/h3-6,16,19-21H,7-15H2,1-2H3,(H,26,28)(H,29,30). The average molecular weight is 427 g/mol. The smallest absolute Gasteiger partial charge is 0.450 e. The third-order valence-electron chi connectivity index (χ3n) is 8.59. The van der Waals surface area contributed by atoms with Crippen molar-refractivity contribution in [2.24, 2.45) is 17.8 Å². The molecule has 1 aromatic carbocycles. The molecule has 1 amide bonds. The van der Waals surface area contributed by atoms with E-state index in [0.717, 1.165) is 58.0 Å². The quantitative estimate of drug-likeness (QED) is 0.719. The molecule has 0 aromatic heterocycles. The number of nitrogens with one attached hydrogen (secondary N) is 1. The molecule has 0 radical (unpaired) electrons. The van der Waals surface area contributed by atoms with Gasteiger partial charge in [0.05, 0.1) is 5.54 Å². The molecule has 168 valence electrons. The average Bonchev–Trinajstić information content (AvgIpc) is 2.92. The van der Waals surface area contributed by atoms with Crippen LogP contribution < -0.4 is 5.32 Å². The van der Waals surface area contributed by atoms with Crippen LogP contribution in [-0.4, -0.2) is 52.3 Å². The van der Waals surface area contributed by atoms with E-state index in [0.29, 0.717) is 17.8 Å². The van der Waals surface area contributed by atoms with Crippen molar-refractivity contribution in [1.82, 2.24) is 10.2 Å². The second kappa shape index (κ2) is 7.51. The lowest BCUT2D eigenvalue weighted by atomic mass is 9.52. The lowest BCUT2D eigenvalue weighted by Gasteiger charge is -2.59. The number of carboxylic acid groups (broad SMARTS) is 1. The molecule has 4 fully saturated rings. The number of rotatable bonds is 4. The molecule has 4 saturated carbocycles. The molecule has 5 aliphatic rings. The van der Waals surface area contributed by atoms with Crippen LogP contribution in [0.2, 0.25) is 0 Å². The SMILES string of the molecule is CC(C)(C(=O)NC1C2CC3CC1CC(OC(=O)O)(C3)C2)N1CCc2ccccc2CC1. The summed E-state index contributed by atoms with van der Waals surface area (Å²) in [7, 11) is 0. The van der Waals surface area contributed by atoms with Crippen LogP contribution in [0.5, 0.6) is 0 Å². The van der Waals surface area contributed by atoms with E-state index in [1.807, 2.05) is 13.8 Å². The Morgan fingerprint density at radius 3 is 2.19 bits per heavy atom. The van der Waals surface area contributed by atoms with E-state index >= 15 is 0 Å². The molecule has 0 saturated heterocycles. The Bertz CT molecular complexity index is 839. The van der Waals surface area contributed by atoms with Crippen molar-refractivity contribution in [3.63, 3.8) is 0 Å². The van der Waals surface area contributed by atoms with Gasteiger partial charge in [0.15, 0.2) is 0 Å². The maximum atomic E-state index is 13.5. The summed E-state index contributed by atoms with van der Waals surface area (Å²) in [5.74, 6) is 1.27. The molecule has 2 N–H and O–H groups in total. The molecule has 2 atom stereocenters. The van der Waals surface area contributed by atoms with Crippen molar-refractivity contribution < 1.29 is 19.4 Å². The fourth-order valence-electron chi connectivity index (χ4n) is 7.19. The molecule has 1 aliphatic heterocycles. The fourth-order valence-corrected chi connectivity index (χ4v) is 7.19. The lowest BCUT2D eigenvalue weighted by Crippen LogP contribution is -2.65. The van der Waals surface area contributed by atoms with Gasteiger partial charge in [-0.2, -0.15) is 0 Å². The molecule has 1 heterocycles. The Labute approximate surface area is 184 Å². The highest BCUT2D eigenvalue weighted by atomic mass is 16.7. The second-order valence-corrected chi connectivity index (χ2v) is 10.8. The van der Waals surface area contributed by atoms with Crippen LogP contribution in [0.4, 0.5) is 4.79 Å². The zero-order chi connectivity index (χ0) is 21.8. The molecule has 6 rings (SSSR count). The number of hydrogen-bond donors (Lipinski definition) is 2.